The van der Waals surface area contributed by atoms with Gasteiger partial charge in [0.15, 0.2) is 0 Å². The highest BCUT2D eigenvalue weighted by molar-refractivity contribution is 7.89. The summed E-state index contributed by atoms with van der Waals surface area (Å²) in [7, 11) is -3.48. The second-order valence-corrected chi connectivity index (χ2v) is 10.1. The lowest BCUT2D eigenvalue weighted by Gasteiger charge is -2.20. The number of anilines is 1. The lowest BCUT2D eigenvalue weighted by molar-refractivity contribution is 0.0993. The molecule has 1 aromatic carbocycles. The van der Waals surface area contributed by atoms with Crippen LogP contribution in [0.15, 0.2) is 29.2 Å². The van der Waals surface area contributed by atoms with Crippen molar-refractivity contribution >= 4 is 33.0 Å². The van der Waals surface area contributed by atoms with Gasteiger partial charge in [-0.2, -0.15) is 4.31 Å². The molecule has 1 aliphatic heterocycles. The number of nitrogens with zero attached hydrogens (tertiary/aromatic N) is 2. The molecule has 7 heteroatoms. The molecule has 0 atom stereocenters. The van der Waals surface area contributed by atoms with Gasteiger partial charge >= 0.3 is 0 Å². The number of hydrogen-bond acceptors (Lipinski definition) is 4. The zero-order valence-electron chi connectivity index (χ0n) is 15.7. The summed E-state index contributed by atoms with van der Waals surface area (Å²) in [6.45, 7) is 5.18. The van der Waals surface area contributed by atoms with Crippen molar-refractivity contribution in [2.75, 3.05) is 24.5 Å². The quantitative estimate of drug-likeness (QED) is 0.767. The number of carbonyl (C=O) groups excluding carboxylic acids is 1. The van der Waals surface area contributed by atoms with Crippen molar-refractivity contribution in [2.24, 2.45) is 0 Å². The first kappa shape index (κ1) is 18.7. The molecule has 0 saturated carbocycles. The number of carbonyl (C=O) groups is 1. The number of rotatable bonds is 5. The molecular weight excluding hydrogens is 380 g/mol. The summed E-state index contributed by atoms with van der Waals surface area (Å²) in [5.74, 6) is 0.0347. The number of sulfonamides is 1. The minimum Gasteiger partial charge on any atom is -0.307 e. The third-order valence-electron chi connectivity index (χ3n) is 5.49. The summed E-state index contributed by atoms with van der Waals surface area (Å²) in [6.07, 6.45) is 4.03. The molecule has 4 rings (SSSR count). The maximum Gasteiger partial charge on any atom is 0.268 e. The van der Waals surface area contributed by atoms with E-state index < -0.39 is 10.0 Å². The Bertz CT molecular complexity index is 969. The second-order valence-electron chi connectivity index (χ2n) is 7.00. The molecule has 2 heterocycles. The monoisotopic (exact) mass is 404 g/mol. The fraction of sp³-hybridized carbons (Fsp3) is 0.450. The van der Waals surface area contributed by atoms with Crippen LogP contribution in [-0.4, -0.2) is 38.3 Å². The van der Waals surface area contributed by atoms with Crippen molar-refractivity contribution < 1.29 is 13.2 Å². The molecule has 0 unspecified atom stereocenters. The number of amides is 1. The van der Waals surface area contributed by atoms with Crippen molar-refractivity contribution in [1.82, 2.24) is 4.31 Å². The van der Waals surface area contributed by atoms with Crippen molar-refractivity contribution in [3.05, 3.63) is 45.1 Å². The molecule has 144 valence electrons. The standard InChI is InChI=1S/C20H24N2O3S2/c1-3-21(4-2)27(24,25)16-8-9-17-14(12-16)10-11-22(17)20(23)19-13-15-6-5-7-18(15)26-19/h8-9,12-13H,3-7,10-11H2,1-2H3. The van der Waals surface area contributed by atoms with E-state index >= 15 is 0 Å². The zero-order valence-corrected chi connectivity index (χ0v) is 17.3. The Morgan fingerprint density at radius 3 is 2.59 bits per heavy atom. The van der Waals surface area contributed by atoms with E-state index in [0.717, 1.165) is 29.0 Å². The first-order valence-corrected chi connectivity index (χ1v) is 11.8. The van der Waals surface area contributed by atoms with E-state index in [-0.39, 0.29) is 5.91 Å². The lowest BCUT2D eigenvalue weighted by atomic mass is 10.2. The molecular formula is C20H24N2O3S2. The van der Waals surface area contributed by atoms with Gasteiger partial charge in [0.1, 0.15) is 0 Å². The van der Waals surface area contributed by atoms with Crippen LogP contribution in [0.2, 0.25) is 0 Å². The Morgan fingerprint density at radius 1 is 1.11 bits per heavy atom. The largest absolute Gasteiger partial charge is 0.307 e. The summed E-state index contributed by atoms with van der Waals surface area (Å²) in [4.78, 5) is 17.3. The van der Waals surface area contributed by atoms with E-state index in [1.807, 2.05) is 19.9 Å². The van der Waals surface area contributed by atoms with Crippen LogP contribution < -0.4 is 4.90 Å². The first-order chi connectivity index (χ1) is 13.0. The summed E-state index contributed by atoms with van der Waals surface area (Å²) in [5, 5.41) is 0. The maximum absolute atomic E-state index is 13.0. The molecule has 0 bridgehead atoms. The van der Waals surface area contributed by atoms with Gasteiger partial charge < -0.3 is 4.90 Å². The van der Waals surface area contributed by atoms with E-state index in [0.29, 0.717) is 31.0 Å². The van der Waals surface area contributed by atoms with Gasteiger partial charge in [-0.25, -0.2) is 8.42 Å². The molecule has 1 amide bonds. The summed E-state index contributed by atoms with van der Waals surface area (Å²) in [6, 6.07) is 7.21. The van der Waals surface area contributed by atoms with Crippen molar-refractivity contribution in [2.45, 2.75) is 44.4 Å². The maximum atomic E-state index is 13.0. The van der Waals surface area contributed by atoms with E-state index in [9.17, 15) is 13.2 Å². The Labute approximate surface area is 164 Å². The molecule has 5 nitrogen and oxygen atoms in total. The molecule has 1 aromatic heterocycles. The van der Waals surface area contributed by atoms with Crippen LogP contribution in [0.25, 0.3) is 0 Å². The number of aryl methyl sites for hydroxylation is 2. The van der Waals surface area contributed by atoms with E-state index in [2.05, 4.69) is 0 Å². The molecule has 27 heavy (non-hydrogen) atoms. The Morgan fingerprint density at radius 2 is 1.89 bits per heavy atom. The first-order valence-electron chi connectivity index (χ1n) is 9.52. The lowest BCUT2D eigenvalue weighted by Crippen LogP contribution is -2.30. The summed E-state index contributed by atoms with van der Waals surface area (Å²) < 4.78 is 27.0. The number of thiophene rings is 1. The van der Waals surface area contributed by atoms with Crippen molar-refractivity contribution in [3.63, 3.8) is 0 Å². The summed E-state index contributed by atoms with van der Waals surface area (Å²) >= 11 is 1.62. The van der Waals surface area contributed by atoms with E-state index in [1.165, 1.54) is 21.2 Å². The SMILES string of the molecule is CCN(CC)S(=O)(=O)c1ccc2c(c1)CCN2C(=O)c1cc2c(s1)CCC2. The number of benzene rings is 1. The van der Waals surface area contributed by atoms with Gasteiger partial charge in [-0.05, 0) is 61.1 Å². The third-order valence-corrected chi connectivity index (χ3v) is 8.76. The van der Waals surface area contributed by atoms with Crippen LogP contribution in [0.5, 0.6) is 0 Å². The average molecular weight is 405 g/mol. The normalized spacial score (nSPS) is 16.0. The molecule has 0 spiro atoms. The zero-order chi connectivity index (χ0) is 19.2. The van der Waals surface area contributed by atoms with Gasteiger partial charge in [-0.3, -0.25) is 4.79 Å². The van der Waals surface area contributed by atoms with Crippen LogP contribution >= 0.6 is 11.3 Å². The van der Waals surface area contributed by atoms with Gasteiger partial charge in [-0.1, -0.05) is 13.8 Å². The third kappa shape index (κ3) is 3.11. The highest BCUT2D eigenvalue weighted by Gasteiger charge is 2.30. The van der Waals surface area contributed by atoms with Gasteiger partial charge in [0.25, 0.3) is 5.91 Å². The van der Waals surface area contributed by atoms with Crippen LogP contribution in [0.1, 0.15) is 45.9 Å². The average Bonchev–Trinajstić information content (AvgIpc) is 3.35. The second kappa shape index (κ2) is 7.04. The van der Waals surface area contributed by atoms with Crippen LogP contribution in [0.3, 0.4) is 0 Å². The van der Waals surface area contributed by atoms with Crippen molar-refractivity contribution in [1.29, 1.82) is 0 Å². The fourth-order valence-corrected chi connectivity index (χ4v) is 6.74. The van der Waals surface area contributed by atoms with Crippen LogP contribution in [0, 0.1) is 0 Å². The minimum atomic E-state index is -3.48. The van der Waals surface area contributed by atoms with Gasteiger partial charge in [0.2, 0.25) is 10.0 Å². The summed E-state index contributed by atoms with van der Waals surface area (Å²) in [5.41, 5.74) is 3.09. The Kier molecular flexibility index (Phi) is 4.86. The van der Waals surface area contributed by atoms with Gasteiger partial charge in [0.05, 0.1) is 9.77 Å². The molecule has 2 aliphatic rings. The van der Waals surface area contributed by atoms with Crippen LogP contribution in [-0.2, 0) is 29.3 Å². The Hall–Kier alpha value is -1.70. The molecule has 0 saturated heterocycles. The number of fused-ring (bicyclic) bond motifs is 2. The minimum absolute atomic E-state index is 0.0347. The van der Waals surface area contributed by atoms with E-state index in [1.54, 1.807) is 34.4 Å². The number of hydrogen-bond donors (Lipinski definition) is 0. The van der Waals surface area contributed by atoms with Crippen molar-refractivity contribution in [3.8, 4) is 0 Å². The van der Waals surface area contributed by atoms with Crippen LogP contribution in [0.4, 0.5) is 5.69 Å². The molecule has 0 radical (unpaired) electrons. The molecule has 2 aromatic rings. The molecule has 0 N–H and O–H groups in total. The van der Waals surface area contributed by atoms with Gasteiger partial charge in [-0.15, -0.1) is 11.3 Å². The van der Waals surface area contributed by atoms with E-state index in [4.69, 9.17) is 0 Å². The topological polar surface area (TPSA) is 57.7 Å². The fourth-order valence-electron chi connectivity index (χ4n) is 4.03. The predicted octanol–water partition coefficient (Wildman–Crippen LogP) is 3.47. The smallest absolute Gasteiger partial charge is 0.268 e. The molecule has 1 aliphatic carbocycles. The highest BCUT2D eigenvalue weighted by atomic mass is 32.2. The highest BCUT2D eigenvalue weighted by Crippen LogP contribution is 2.35. The molecule has 0 fully saturated rings. The predicted molar refractivity (Wildman–Crippen MR) is 108 cm³/mol. The Balaban J connectivity index is 1.62. The van der Waals surface area contributed by atoms with Gasteiger partial charge in [0, 0.05) is 30.2 Å².